The lowest BCUT2D eigenvalue weighted by Crippen LogP contribution is -2.37. The van der Waals surface area contributed by atoms with E-state index in [4.69, 9.17) is 32.5 Å². The molecule has 0 radical (unpaired) electrons. The van der Waals surface area contributed by atoms with E-state index in [0.29, 0.717) is 38.5 Å². The number of carbonyl (C=O) groups excluding carboxylic acids is 2. The van der Waals surface area contributed by atoms with Gasteiger partial charge in [-0.05, 0) is 53.9 Å². The molecule has 4 aromatic carbocycles. The third-order valence-corrected chi connectivity index (χ3v) is 7.80. The zero-order valence-electron chi connectivity index (χ0n) is 20.3. The average molecular weight is 555 g/mol. The lowest BCUT2D eigenvalue weighted by Gasteiger charge is -2.27. The highest BCUT2D eigenvalue weighted by Crippen LogP contribution is 2.49. The van der Waals surface area contributed by atoms with Crippen molar-refractivity contribution in [2.24, 2.45) is 5.92 Å². The number of halogens is 2. The Labute approximate surface area is 233 Å². The van der Waals surface area contributed by atoms with E-state index in [2.05, 4.69) is 0 Å². The molecule has 8 heteroatoms. The monoisotopic (exact) mass is 554 g/mol. The molecule has 2 aliphatic rings. The van der Waals surface area contributed by atoms with Crippen molar-refractivity contribution in [3.8, 4) is 11.3 Å². The number of rotatable bonds is 4. The highest BCUT2D eigenvalue weighted by molar-refractivity contribution is 6.36. The maximum Gasteiger partial charge on any atom is 0.266 e. The molecule has 5 aromatic rings. The number of amides is 2. The normalized spacial score (nSPS) is 20.7. The van der Waals surface area contributed by atoms with Crippen LogP contribution in [0.15, 0.2) is 108 Å². The highest BCUT2D eigenvalue weighted by Gasteiger charge is 2.61. The highest BCUT2D eigenvalue weighted by atomic mass is 35.5. The minimum Gasteiger partial charge on any atom is -0.459 e. The topological polar surface area (TPSA) is 63.0 Å². The van der Waals surface area contributed by atoms with Crippen LogP contribution in [0.2, 0.25) is 10.0 Å². The van der Waals surface area contributed by atoms with Crippen molar-refractivity contribution in [3.05, 3.63) is 119 Å². The predicted octanol–water partition coefficient (Wildman–Crippen LogP) is 7.46. The first-order chi connectivity index (χ1) is 19.0. The van der Waals surface area contributed by atoms with Gasteiger partial charge in [0, 0.05) is 16.0 Å². The number of nitrogens with zero attached hydrogens (tertiary/aromatic N) is 2. The van der Waals surface area contributed by atoms with E-state index < -0.39 is 24.0 Å². The number of anilines is 2. The Balaban J connectivity index is 1.33. The van der Waals surface area contributed by atoms with E-state index in [1.165, 1.54) is 4.90 Å². The first-order valence-corrected chi connectivity index (χ1v) is 13.2. The molecule has 2 amide bonds. The summed E-state index contributed by atoms with van der Waals surface area (Å²) in [4.78, 5) is 35.4. The van der Waals surface area contributed by atoms with Crippen LogP contribution < -0.4 is 9.96 Å². The van der Waals surface area contributed by atoms with Crippen molar-refractivity contribution in [3.63, 3.8) is 0 Å². The van der Waals surface area contributed by atoms with Crippen LogP contribution in [0, 0.1) is 5.92 Å². The molecule has 3 atom stereocenters. The molecule has 0 N–H and O–H groups in total. The van der Waals surface area contributed by atoms with Crippen molar-refractivity contribution in [1.29, 1.82) is 0 Å². The lowest BCUT2D eigenvalue weighted by atomic mass is 9.94. The molecule has 1 aromatic heterocycles. The van der Waals surface area contributed by atoms with E-state index >= 15 is 0 Å². The molecular formula is C31H20Cl2N2O4. The summed E-state index contributed by atoms with van der Waals surface area (Å²) in [7, 11) is 0. The number of hydrogen-bond donors (Lipinski definition) is 0. The molecule has 39 heavy (non-hydrogen) atoms. The molecule has 0 aliphatic carbocycles. The number of furan rings is 1. The zero-order valence-corrected chi connectivity index (χ0v) is 21.8. The van der Waals surface area contributed by atoms with Crippen LogP contribution in [0.3, 0.4) is 0 Å². The van der Waals surface area contributed by atoms with Crippen LogP contribution in [-0.4, -0.2) is 17.9 Å². The van der Waals surface area contributed by atoms with Gasteiger partial charge >= 0.3 is 0 Å². The van der Waals surface area contributed by atoms with E-state index in [0.717, 1.165) is 10.8 Å². The molecule has 0 spiro atoms. The van der Waals surface area contributed by atoms with Crippen molar-refractivity contribution in [1.82, 2.24) is 0 Å². The molecule has 7 rings (SSSR count). The molecule has 0 unspecified atom stereocenters. The maximum atomic E-state index is 14.1. The van der Waals surface area contributed by atoms with Crippen molar-refractivity contribution >= 4 is 57.2 Å². The zero-order chi connectivity index (χ0) is 26.7. The van der Waals surface area contributed by atoms with Gasteiger partial charge in [-0.3, -0.25) is 14.4 Å². The van der Waals surface area contributed by atoms with Gasteiger partial charge in [0.15, 0.2) is 6.10 Å². The van der Waals surface area contributed by atoms with Crippen molar-refractivity contribution < 1.29 is 18.8 Å². The molecule has 6 nitrogen and oxygen atoms in total. The third-order valence-electron chi connectivity index (χ3n) is 7.25. The quantitative estimate of drug-likeness (QED) is 0.216. The Kier molecular flexibility index (Phi) is 5.70. The average Bonchev–Trinajstić information content (AvgIpc) is 3.64. The van der Waals surface area contributed by atoms with Crippen LogP contribution in [0.1, 0.15) is 11.8 Å². The molecule has 2 aliphatic heterocycles. The van der Waals surface area contributed by atoms with Crippen LogP contribution in [0.25, 0.3) is 22.1 Å². The second-order valence-electron chi connectivity index (χ2n) is 9.49. The fourth-order valence-electron chi connectivity index (χ4n) is 5.49. The van der Waals surface area contributed by atoms with E-state index in [1.54, 1.807) is 41.5 Å². The van der Waals surface area contributed by atoms with Gasteiger partial charge in [0.1, 0.15) is 23.5 Å². The van der Waals surface area contributed by atoms with Crippen LogP contribution in [0.5, 0.6) is 0 Å². The largest absolute Gasteiger partial charge is 0.459 e. The second kappa shape index (κ2) is 9.27. The number of benzene rings is 4. The van der Waals surface area contributed by atoms with Crippen LogP contribution in [-0.2, 0) is 14.4 Å². The summed E-state index contributed by atoms with van der Waals surface area (Å²) < 4.78 is 6.30. The van der Waals surface area contributed by atoms with Gasteiger partial charge < -0.3 is 4.42 Å². The smallest absolute Gasteiger partial charge is 0.266 e. The SMILES string of the molecule is O=C1[C@@H]2[C@@H](ON(c3ccccc3)[C@H]2c2ccc(-c3ccc(Cl)cc3Cl)o2)C(=O)N1c1cccc2ccccc12. The third kappa shape index (κ3) is 3.83. The number of carbonyl (C=O) groups is 2. The minimum atomic E-state index is -1.01. The summed E-state index contributed by atoms with van der Waals surface area (Å²) in [6, 6.07) is 30.7. The fourth-order valence-corrected chi connectivity index (χ4v) is 5.99. The van der Waals surface area contributed by atoms with Crippen molar-refractivity contribution in [2.45, 2.75) is 12.1 Å². The van der Waals surface area contributed by atoms with Gasteiger partial charge in [0.05, 0.1) is 16.4 Å². The van der Waals surface area contributed by atoms with Gasteiger partial charge in [0.25, 0.3) is 5.91 Å². The number of para-hydroxylation sites is 1. The minimum absolute atomic E-state index is 0.341. The van der Waals surface area contributed by atoms with Crippen LogP contribution >= 0.6 is 23.2 Å². The molecule has 0 saturated carbocycles. The summed E-state index contributed by atoms with van der Waals surface area (Å²) in [6.45, 7) is 0. The standard InChI is InChI=1S/C31H20Cl2N2O4/c32-19-13-14-22(23(33)17-19)25-15-16-26(38-25)28-27-29(39-35(28)20-9-2-1-3-10-20)31(37)34(30(27)36)24-12-6-8-18-7-4-5-11-21(18)24/h1-17,27-29H/t27-,28-,29+/m0/s1. The van der Waals surface area contributed by atoms with Crippen LogP contribution in [0.4, 0.5) is 11.4 Å². The fraction of sp³-hybridized carbons (Fsp3) is 0.0968. The lowest BCUT2D eigenvalue weighted by molar-refractivity contribution is -0.126. The summed E-state index contributed by atoms with van der Waals surface area (Å²) in [5.74, 6) is -0.569. The summed E-state index contributed by atoms with van der Waals surface area (Å²) >= 11 is 12.5. The number of fused-ring (bicyclic) bond motifs is 2. The maximum absolute atomic E-state index is 14.1. The summed E-state index contributed by atoms with van der Waals surface area (Å²) in [5, 5.41) is 4.32. The van der Waals surface area contributed by atoms with E-state index in [-0.39, 0.29) is 5.91 Å². The number of hydrogen-bond acceptors (Lipinski definition) is 5. The summed E-state index contributed by atoms with van der Waals surface area (Å²) in [6.07, 6.45) is -1.01. The van der Waals surface area contributed by atoms with Gasteiger partial charge in [-0.25, -0.2) is 9.96 Å². The molecule has 192 valence electrons. The van der Waals surface area contributed by atoms with E-state index in [9.17, 15) is 9.59 Å². The molecule has 0 bridgehead atoms. The van der Waals surface area contributed by atoms with Gasteiger partial charge in [0.2, 0.25) is 5.91 Å². The van der Waals surface area contributed by atoms with Crippen molar-refractivity contribution in [2.75, 3.05) is 9.96 Å². The molecule has 2 fully saturated rings. The first kappa shape index (κ1) is 24.0. The first-order valence-electron chi connectivity index (χ1n) is 12.4. The Hall–Kier alpha value is -4.10. The Morgan fingerprint density at radius 3 is 2.33 bits per heavy atom. The molecule has 2 saturated heterocycles. The van der Waals surface area contributed by atoms with Gasteiger partial charge in [-0.2, -0.15) is 0 Å². The Morgan fingerprint density at radius 1 is 0.744 bits per heavy atom. The predicted molar refractivity (Wildman–Crippen MR) is 151 cm³/mol. The molecule has 3 heterocycles. The second-order valence-corrected chi connectivity index (χ2v) is 10.3. The number of imide groups is 1. The molecular weight excluding hydrogens is 535 g/mol. The van der Waals surface area contributed by atoms with E-state index in [1.807, 2.05) is 66.7 Å². The Bertz CT molecular complexity index is 1750. The summed E-state index contributed by atoms with van der Waals surface area (Å²) in [5.41, 5.74) is 1.91. The van der Waals surface area contributed by atoms with Gasteiger partial charge in [-0.1, -0.05) is 77.8 Å². The Morgan fingerprint density at radius 2 is 1.51 bits per heavy atom. The number of hydroxylamine groups is 1. The van der Waals surface area contributed by atoms with Gasteiger partial charge in [-0.15, -0.1) is 0 Å².